The van der Waals surface area contributed by atoms with E-state index in [9.17, 15) is 9.18 Å². The van der Waals surface area contributed by atoms with E-state index in [1.807, 2.05) is 0 Å². The van der Waals surface area contributed by atoms with Crippen LogP contribution in [0.4, 0.5) is 10.1 Å². The monoisotopic (exact) mass is 286 g/mol. The minimum absolute atomic E-state index is 0.0129. The van der Waals surface area contributed by atoms with Gasteiger partial charge in [0.15, 0.2) is 0 Å². The number of halogens is 2. The fourth-order valence-electron chi connectivity index (χ4n) is 1.77. The second kappa shape index (κ2) is 6.87. The number of nitrogens with two attached hydrogens (primary N) is 1. The number of carbonyl (C=O) groups is 1. The van der Waals surface area contributed by atoms with E-state index in [1.54, 1.807) is 0 Å². The summed E-state index contributed by atoms with van der Waals surface area (Å²) in [5.41, 5.74) is 5.65. The van der Waals surface area contributed by atoms with Crippen molar-refractivity contribution < 1.29 is 9.18 Å². The third-order valence-corrected chi connectivity index (χ3v) is 3.29. The van der Waals surface area contributed by atoms with Gasteiger partial charge in [0.1, 0.15) is 5.82 Å². The molecule has 0 aliphatic rings. The van der Waals surface area contributed by atoms with Gasteiger partial charge in [-0.1, -0.05) is 25.4 Å². The van der Waals surface area contributed by atoms with E-state index in [-0.39, 0.29) is 17.0 Å². The number of hydrogen-bond donors (Lipinski definition) is 2. The molecular weight excluding hydrogens is 267 g/mol. The van der Waals surface area contributed by atoms with Crippen LogP contribution in [0.2, 0.25) is 5.02 Å². The molecule has 1 rings (SSSR count). The van der Waals surface area contributed by atoms with Gasteiger partial charge in [-0.3, -0.25) is 4.79 Å². The van der Waals surface area contributed by atoms with Crippen LogP contribution in [0.1, 0.15) is 33.1 Å². The molecule has 0 heterocycles. The molecule has 0 fully saturated rings. The summed E-state index contributed by atoms with van der Waals surface area (Å²) in [4.78, 5) is 11.8. The van der Waals surface area contributed by atoms with Crippen molar-refractivity contribution in [2.24, 2.45) is 11.1 Å². The van der Waals surface area contributed by atoms with Gasteiger partial charge in [-0.2, -0.15) is 0 Å². The summed E-state index contributed by atoms with van der Waals surface area (Å²) in [7, 11) is 0. The lowest BCUT2D eigenvalue weighted by atomic mass is 9.84. The molecule has 1 aromatic rings. The van der Waals surface area contributed by atoms with Crippen LogP contribution in [0.15, 0.2) is 18.2 Å². The molecule has 0 bridgehead atoms. The highest BCUT2D eigenvalue weighted by molar-refractivity contribution is 6.30. The lowest BCUT2D eigenvalue weighted by molar-refractivity contribution is -0.116. The molecule has 0 aliphatic heterocycles. The van der Waals surface area contributed by atoms with Gasteiger partial charge >= 0.3 is 0 Å². The van der Waals surface area contributed by atoms with Crippen molar-refractivity contribution in [3.63, 3.8) is 0 Å². The smallest absolute Gasteiger partial charge is 0.224 e. The highest BCUT2D eigenvalue weighted by atomic mass is 35.5. The van der Waals surface area contributed by atoms with Crippen molar-refractivity contribution in [1.82, 2.24) is 0 Å². The fourth-order valence-corrected chi connectivity index (χ4v) is 1.95. The molecule has 3 N–H and O–H groups in total. The Morgan fingerprint density at radius 3 is 2.74 bits per heavy atom. The van der Waals surface area contributed by atoms with Crippen LogP contribution < -0.4 is 11.1 Å². The zero-order chi connectivity index (χ0) is 14.5. The van der Waals surface area contributed by atoms with Crippen molar-refractivity contribution in [3.8, 4) is 0 Å². The summed E-state index contributed by atoms with van der Waals surface area (Å²) in [6.45, 7) is 4.72. The number of benzene rings is 1. The van der Waals surface area contributed by atoms with Gasteiger partial charge < -0.3 is 11.1 Å². The van der Waals surface area contributed by atoms with Crippen LogP contribution in [-0.2, 0) is 4.79 Å². The molecule has 1 aromatic carbocycles. The van der Waals surface area contributed by atoms with Gasteiger partial charge in [0.05, 0.1) is 5.69 Å². The molecule has 0 saturated heterocycles. The van der Waals surface area contributed by atoms with Crippen LogP contribution in [0.25, 0.3) is 0 Å². The maximum absolute atomic E-state index is 13.4. The first kappa shape index (κ1) is 15.9. The molecule has 0 spiro atoms. The summed E-state index contributed by atoms with van der Waals surface area (Å²) >= 11 is 5.76. The molecule has 0 unspecified atom stereocenters. The quantitative estimate of drug-likeness (QED) is 0.840. The average molecular weight is 287 g/mol. The molecular formula is C14H20ClFN2O. The zero-order valence-corrected chi connectivity index (χ0v) is 12.1. The predicted octanol–water partition coefficient (Wildman–Crippen LogP) is 3.57. The number of carbonyl (C=O) groups excluding carboxylic acids is 1. The van der Waals surface area contributed by atoms with E-state index in [4.69, 9.17) is 17.3 Å². The first-order valence-electron chi connectivity index (χ1n) is 6.29. The molecule has 106 valence electrons. The van der Waals surface area contributed by atoms with Gasteiger partial charge in [0, 0.05) is 11.4 Å². The molecule has 0 atom stereocenters. The summed E-state index contributed by atoms with van der Waals surface area (Å²) in [5.74, 6) is -0.703. The Bertz CT molecular complexity index is 449. The van der Waals surface area contributed by atoms with Crippen LogP contribution in [-0.4, -0.2) is 12.5 Å². The zero-order valence-electron chi connectivity index (χ0n) is 11.3. The second-order valence-electron chi connectivity index (χ2n) is 5.38. The maximum Gasteiger partial charge on any atom is 0.224 e. The molecule has 0 radical (unpaired) electrons. The molecule has 19 heavy (non-hydrogen) atoms. The second-order valence-corrected chi connectivity index (χ2v) is 5.81. The lowest BCUT2D eigenvalue weighted by Gasteiger charge is -2.23. The minimum Gasteiger partial charge on any atom is -0.330 e. The van der Waals surface area contributed by atoms with Crippen LogP contribution in [0, 0.1) is 11.2 Å². The Kier molecular flexibility index (Phi) is 5.76. The molecule has 0 aromatic heterocycles. The van der Waals surface area contributed by atoms with Crippen molar-refractivity contribution in [2.75, 3.05) is 11.9 Å². The maximum atomic E-state index is 13.4. The highest BCUT2D eigenvalue weighted by Gasteiger charge is 2.18. The third kappa shape index (κ3) is 5.57. The topological polar surface area (TPSA) is 55.1 Å². The van der Waals surface area contributed by atoms with Crippen LogP contribution in [0.5, 0.6) is 0 Å². The van der Waals surface area contributed by atoms with Gasteiger partial charge in [0.2, 0.25) is 5.91 Å². The van der Waals surface area contributed by atoms with E-state index in [0.29, 0.717) is 24.4 Å². The van der Waals surface area contributed by atoms with Gasteiger partial charge in [-0.15, -0.1) is 0 Å². The normalized spacial score (nSPS) is 11.4. The highest BCUT2D eigenvalue weighted by Crippen LogP contribution is 2.26. The predicted molar refractivity (Wildman–Crippen MR) is 76.7 cm³/mol. The van der Waals surface area contributed by atoms with E-state index in [0.717, 1.165) is 6.42 Å². The summed E-state index contributed by atoms with van der Waals surface area (Å²) in [6.07, 6.45) is 1.89. The van der Waals surface area contributed by atoms with Crippen molar-refractivity contribution in [1.29, 1.82) is 0 Å². The molecule has 3 nitrogen and oxygen atoms in total. The first-order valence-corrected chi connectivity index (χ1v) is 6.67. The molecule has 0 aliphatic carbocycles. The standard InChI is InChI=1S/C14H20ClFN2O/c1-14(2,7-8-17)6-5-13(19)18-12-9-10(15)3-4-11(12)16/h3-4,9H,5-8,17H2,1-2H3,(H,18,19). The van der Waals surface area contributed by atoms with Gasteiger partial charge in [-0.05, 0) is 43.0 Å². The van der Waals surface area contributed by atoms with Crippen molar-refractivity contribution in [2.45, 2.75) is 33.1 Å². The number of nitrogens with one attached hydrogen (secondary N) is 1. The Morgan fingerprint density at radius 2 is 2.11 bits per heavy atom. The molecule has 0 saturated carbocycles. The van der Waals surface area contributed by atoms with Crippen LogP contribution >= 0.6 is 11.6 Å². The minimum atomic E-state index is -0.487. The first-order chi connectivity index (χ1) is 8.84. The summed E-state index contributed by atoms with van der Waals surface area (Å²) in [6, 6.07) is 4.08. The number of rotatable bonds is 6. The van der Waals surface area contributed by atoms with E-state index in [2.05, 4.69) is 19.2 Å². The Balaban J connectivity index is 2.54. The van der Waals surface area contributed by atoms with Crippen molar-refractivity contribution >= 4 is 23.2 Å². The van der Waals surface area contributed by atoms with E-state index in [1.165, 1.54) is 18.2 Å². The number of amides is 1. The number of hydrogen-bond acceptors (Lipinski definition) is 2. The van der Waals surface area contributed by atoms with Gasteiger partial charge in [-0.25, -0.2) is 4.39 Å². The summed E-state index contributed by atoms with van der Waals surface area (Å²) < 4.78 is 13.4. The SMILES string of the molecule is CC(C)(CCN)CCC(=O)Nc1cc(Cl)ccc1F. The average Bonchev–Trinajstić information content (AvgIpc) is 2.31. The van der Waals surface area contributed by atoms with Crippen molar-refractivity contribution in [3.05, 3.63) is 29.0 Å². The summed E-state index contributed by atoms with van der Waals surface area (Å²) in [5, 5.41) is 2.93. The Morgan fingerprint density at radius 1 is 1.42 bits per heavy atom. The Labute approximate surface area is 118 Å². The lowest BCUT2D eigenvalue weighted by Crippen LogP contribution is -2.21. The largest absolute Gasteiger partial charge is 0.330 e. The third-order valence-electron chi connectivity index (χ3n) is 3.05. The van der Waals surface area contributed by atoms with E-state index >= 15 is 0 Å². The van der Waals surface area contributed by atoms with E-state index < -0.39 is 5.82 Å². The molecule has 1 amide bonds. The molecule has 5 heteroatoms. The number of anilines is 1. The van der Waals surface area contributed by atoms with Gasteiger partial charge in [0.25, 0.3) is 0 Å². The Hall–Kier alpha value is -1.13. The van der Waals surface area contributed by atoms with Crippen LogP contribution in [0.3, 0.4) is 0 Å². The fraction of sp³-hybridized carbons (Fsp3) is 0.500.